The smallest absolute Gasteiger partial charge is 0.416 e. The van der Waals surface area contributed by atoms with Crippen molar-refractivity contribution in [1.82, 2.24) is 0 Å². The van der Waals surface area contributed by atoms with Crippen molar-refractivity contribution in [2.24, 2.45) is 0 Å². The highest BCUT2D eigenvalue weighted by molar-refractivity contribution is 5.83. The summed E-state index contributed by atoms with van der Waals surface area (Å²) in [6.45, 7) is 0. The number of hydrogen-bond donors (Lipinski definition) is 0. The molecule has 1 heterocycles. The van der Waals surface area contributed by atoms with Gasteiger partial charge in [-0.25, -0.2) is 0 Å². The lowest BCUT2D eigenvalue weighted by Gasteiger charge is -2.07. The number of ketones is 1. The van der Waals surface area contributed by atoms with Crippen LogP contribution in [0.2, 0.25) is 0 Å². The normalized spacial score (nSPS) is 11.5. The molecule has 0 unspecified atom stereocenters. The van der Waals surface area contributed by atoms with E-state index in [0.29, 0.717) is 5.56 Å². The molecule has 0 amide bonds. The molecule has 2 rings (SSSR count). The fourth-order valence-electron chi connectivity index (χ4n) is 1.72. The van der Waals surface area contributed by atoms with Gasteiger partial charge < -0.3 is 4.42 Å². The summed E-state index contributed by atoms with van der Waals surface area (Å²) in [4.78, 5) is 11.7. The molecule has 0 fully saturated rings. The molecule has 19 heavy (non-hydrogen) atoms. The number of furan rings is 1. The Morgan fingerprint density at radius 1 is 1.00 bits per heavy atom. The molecule has 1 aromatic heterocycles. The first kappa shape index (κ1) is 13.4. The van der Waals surface area contributed by atoms with Gasteiger partial charge in [0.2, 0.25) is 0 Å². The molecule has 0 N–H and O–H groups in total. The van der Waals surface area contributed by atoms with Gasteiger partial charge >= 0.3 is 6.18 Å². The maximum Gasteiger partial charge on any atom is 0.416 e. The Hall–Kier alpha value is -2.04. The molecule has 0 atom stereocenters. The average Bonchev–Trinajstić information content (AvgIpc) is 2.81. The third-order valence-corrected chi connectivity index (χ3v) is 2.66. The number of hydrogen-bond acceptors (Lipinski definition) is 2. The van der Waals surface area contributed by atoms with Crippen molar-refractivity contribution < 1.29 is 22.4 Å². The Morgan fingerprint density at radius 2 is 1.63 bits per heavy atom. The fourth-order valence-corrected chi connectivity index (χ4v) is 1.72. The van der Waals surface area contributed by atoms with Gasteiger partial charge in [0, 0.05) is 12.8 Å². The van der Waals surface area contributed by atoms with Crippen LogP contribution in [0.4, 0.5) is 13.2 Å². The lowest BCUT2D eigenvalue weighted by Crippen LogP contribution is -2.07. The first-order valence-electron chi connectivity index (χ1n) is 5.64. The van der Waals surface area contributed by atoms with Crippen LogP contribution in [0.5, 0.6) is 0 Å². The summed E-state index contributed by atoms with van der Waals surface area (Å²) >= 11 is 0. The van der Waals surface area contributed by atoms with Gasteiger partial charge in [-0.3, -0.25) is 4.79 Å². The Labute approximate surface area is 107 Å². The first-order valence-corrected chi connectivity index (χ1v) is 5.64. The molecule has 1 aromatic carbocycles. The van der Waals surface area contributed by atoms with Crippen LogP contribution < -0.4 is 0 Å². The summed E-state index contributed by atoms with van der Waals surface area (Å²) in [5.41, 5.74) is 0.622. The van der Waals surface area contributed by atoms with Crippen molar-refractivity contribution in [3.05, 3.63) is 59.5 Å². The average molecular weight is 268 g/mol. The summed E-state index contributed by atoms with van der Waals surface area (Å²) in [6.07, 6.45) is -1.06. The van der Waals surface area contributed by atoms with E-state index in [4.69, 9.17) is 4.42 Å². The predicted octanol–water partition coefficient (Wildman–Crippen LogP) is 3.65. The van der Waals surface area contributed by atoms with E-state index in [1.165, 1.54) is 24.7 Å². The van der Waals surface area contributed by atoms with Gasteiger partial charge in [-0.1, -0.05) is 12.1 Å². The molecule has 0 saturated carbocycles. The Morgan fingerprint density at radius 3 is 2.16 bits per heavy atom. The van der Waals surface area contributed by atoms with Crippen LogP contribution in [0.25, 0.3) is 0 Å². The molecular weight excluding hydrogens is 257 g/mol. The largest absolute Gasteiger partial charge is 0.472 e. The standard InChI is InChI=1S/C14H11F3O2/c15-14(16,17)12-3-1-10(2-4-12)7-13(18)8-11-5-6-19-9-11/h1-6,9H,7-8H2. The molecule has 0 radical (unpaired) electrons. The molecule has 2 nitrogen and oxygen atoms in total. The molecule has 2 aromatic rings. The van der Waals surface area contributed by atoms with Crippen LogP contribution in [0.3, 0.4) is 0 Å². The molecule has 0 spiro atoms. The minimum absolute atomic E-state index is 0.0684. The van der Waals surface area contributed by atoms with E-state index >= 15 is 0 Å². The Balaban J connectivity index is 1.98. The highest BCUT2D eigenvalue weighted by atomic mass is 19.4. The van der Waals surface area contributed by atoms with Gasteiger partial charge in [-0.15, -0.1) is 0 Å². The van der Waals surface area contributed by atoms with Crippen molar-refractivity contribution in [3.63, 3.8) is 0 Å². The number of alkyl halides is 3. The summed E-state index contributed by atoms with van der Waals surface area (Å²) in [7, 11) is 0. The third kappa shape index (κ3) is 3.71. The second-order valence-corrected chi connectivity index (χ2v) is 4.22. The molecule has 0 aliphatic heterocycles. The van der Waals surface area contributed by atoms with Crippen molar-refractivity contribution in [2.75, 3.05) is 0 Å². The summed E-state index contributed by atoms with van der Waals surface area (Å²) in [5.74, 6) is -0.0684. The molecular formula is C14H11F3O2. The van der Waals surface area contributed by atoms with Crippen LogP contribution in [0.1, 0.15) is 16.7 Å². The third-order valence-electron chi connectivity index (χ3n) is 2.66. The van der Waals surface area contributed by atoms with E-state index in [1.807, 2.05) is 0 Å². The maximum atomic E-state index is 12.4. The molecule has 5 heteroatoms. The van der Waals surface area contributed by atoms with Crippen LogP contribution in [0, 0.1) is 0 Å². The highest BCUT2D eigenvalue weighted by Crippen LogP contribution is 2.29. The lowest BCUT2D eigenvalue weighted by atomic mass is 10.0. The zero-order valence-electron chi connectivity index (χ0n) is 9.91. The van der Waals surface area contributed by atoms with Crippen LogP contribution in [0.15, 0.2) is 47.3 Å². The summed E-state index contributed by atoms with van der Waals surface area (Å²) < 4.78 is 41.9. The van der Waals surface area contributed by atoms with Crippen LogP contribution >= 0.6 is 0 Å². The van der Waals surface area contributed by atoms with E-state index in [-0.39, 0.29) is 18.6 Å². The zero-order valence-corrected chi connectivity index (χ0v) is 9.91. The Kier molecular flexibility index (Phi) is 3.74. The second-order valence-electron chi connectivity index (χ2n) is 4.22. The van der Waals surface area contributed by atoms with E-state index in [1.54, 1.807) is 6.07 Å². The topological polar surface area (TPSA) is 30.2 Å². The van der Waals surface area contributed by atoms with Gasteiger partial charge in [0.15, 0.2) is 0 Å². The highest BCUT2D eigenvalue weighted by Gasteiger charge is 2.29. The van der Waals surface area contributed by atoms with Crippen molar-refractivity contribution in [1.29, 1.82) is 0 Å². The van der Waals surface area contributed by atoms with E-state index < -0.39 is 11.7 Å². The number of carbonyl (C=O) groups is 1. The van der Waals surface area contributed by atoms with Gasteiger partial charge in [-0.05, 0) is 29.3 Å². The SMILES string of the molecule is O=C(Cc1ccc(C(F)(F)F)cc1)Cc1ccoc1. The van der Waals surface area contributed by atoms with Crippen LogP contribution in [-0.2, 0) is 23.8 Å². The number of Topliss-reactive ketones (excluding diaryl/α,β-unsaturated/α-hetero) is 1. The van der Waals surface area contributed by atoms with Crippen molar-refractivity contribution in [2.45, 2.75) is 19.0 Å². The van der Waals surface area contributed by atoms with E-state index in [9.17, 15) is 18.0 Å². The minimum Gasteiger partial charge on any atom is -0.472 e. The summed E-state index contributed by atoms with van der Waals surface area (Å²) in [5, 5.41) is 0. The van der Waals surface area contributed by atoms with E-state index in [2.05, 4.69) is 0 Å². The van der Waals surface area contributed by atoms with Crippen LogP contribution in [-0.4, -0.2) is 5.78 Å². The van der Waals surface area contributed by atoms with Gasteiger partial charge in [-0.2, -0.15) is 13.2 Å². The zero-order chi connectivity index (χ0) is 13.9. The van der Waals surface area contributed by atoms with Crippen molar-refractivity contribution >= 4 is 5.78 Å². The molecule has 0 saturated heterocycles. The lowest BCUT2D eigenvalue weighted by molar-refractivity contribution is -0.137. The van der Waals surface area contributed by atoms with Gasteiger partial charge in [0.25, 0.3) is 0 Å². The second kappa shape index (κ2) is 5.30. The maximum absolute atomic E-state index is 12.4. The van der Waals surface area contributed by atoms with E-state index in [0.717, 1.165) is 17.7 Å². The van der Waals surface area contributed by atoms with Gasteiger partial charge in [0.1, 0.15) is 5.78 Å². The van der Waals surface area contributed by atoms with Gasteiger partial charge in [0.05, 0.1) is 18.1 Å². The monoisotopic (exact) mass is 268 g/mol. The predicted molar refractivity (Wildman–Crippen MR) is 62.6 cm³/mol. The number of rotatable bonds is 4. The number of benzene rings is 1. The number of halogens is 3. The summed E-state index contributed by atoms with van der Waals surface area (Å²) in [6, 6.07) is 6.32. The first-order chi connectivity index (χ1) is 8.95. The minimum atomic E-state index is -4.35. The fraction of sp³-hybridized carbons (Fsp3) is 0.214. The number of carbonyl (C=O) groups excluding carboxylic acids is 1. The Bertz CT molecular complexity index is 539. The molecule has 0 aliphatic carbocycles. The molecule has 100 valence electrons. The molecule has 0 aliphatic rings. The quantitative estimate of drug-likeness (QED) is 0.847. The molecule has 0 bridgehead atoms. The van der Waals surface area contributed by atoms with Crippen molar-refractivity contribution in [3.8, 4) is 0 Å².